The normalized spacial score (nSPS) is 25.4. The summed E-state index contributed by atoms with van der Waals surface area (Å²) in [6.45, 7) is 4.44. The van der Waals surface area contributed by atoms with Crippen LogP contribution in [0.4, 0.5) is 0 Å². The Kier molecular flexibility index (Phi) is 2.87. The second kappa shape index (κ2) is 4.14. The van der Waals surface area contributed by atoms with Crippen LogP contribution in [0.15, 0.2) is 30.3 Å². The van der Waals surface area contributed by atoms with Gasteiger partial charge in [0.25, 0.3) is 0 Å². The molecule has 1 heteroatoms. The Bertz CT molecular complexity index is 279. The van der Waals surface area contributed by atoms with Crippen molar-refractivity contribution in [1.82, 2.24) is 5.32 Å². The molecule has 76 valence electrons. The van der Waals surface area contributed by atoms with Crippen molar-refractivity contribution in [3.8, 4) is 0 Å². The zero-order chi connectivity index (χ0) is 9.97. The Hall–Kier alpha value is -0.820. The van der Waals surface area contributed by atoms with E-state index in [1.807, 2.05) is 0 Å². The van der Waals surface area contributed by atoms with Crippen molar-refractivity contribution in [1.29, 1.82) is 0 Å². The number of benzene rings is 1. The van der Waals surface area contributed by atoms with E-state index in [1.54, 1.807) is 0 Å². The minimum Gasteiger partial charge on any atom is -0.311 e. The molecular formula is C13H19N. The smallest absolute Gasteiger partial charge is 0.0105 e. The minimum absolute atomic E-state index is 0.626. The lowest BCUT2D eigenvalue weighted by atomic mass is 10.1. The van der Waals surface area contributed by atoms with Crippen LogP contribution in [0.5, 0.6) is 0 Å². The van der Waals surface area contributed by atoms with E-state index in [0.29, 0.717) is 6.04 Å². The van der Waals surface area contributed by atoms with Crippen molar-refractivity contribution in [2.45, 2.75) is 38.8 Å². The van der Waals surface area contributed by atoms with Crippen molar-refractivity contribution >= 4 is 0 Å². The average Bonchev–Trinajstić information content (AvgIpc) is 2.84. The van der Waals surface area contributed by atoms with Crippen molar-refractivity contribution in [2.24, 2.45) is 5.92 Å². The summed E-state index contributed by atoms with van der Waals surface area (Å²) in [6, 6.07) is 12.2. The van der Waals surface area contributed by atoms with E-state index in [4.69, 9.17) is 0 Å². The first kappa shape index (κ1) is 9.72. The maximum Gasteiger partial charge on any atom is 0.0105 e. The molecule has 0 saturated heterocycles. The van der Waals surface area contributed by atoms with Crippen LogP contribution in [-0.4, -0.2) is 12.1 Å². The zero-order valence-electron chi connectivity index (χ0n) is 9.03. The molecule has 2 rings (SSSR count). The number of nitrogens with one attached hydrogen (secondary N) is 1. The second-order valence-corrected chi connectivity index (χ2v) is 4.61. The largest absolute Gasteiger partial charge is 0.311 e. The molecule has 1 N–H and O–H groups in total. The van der Waals surface area contributed by atoms with Crippen LogP contribution in [0.3, 0.4) is 0 Å². The summed E-state index contributed by atoms with van der Waals surface area (Å²) in [5, 5.41) is 3.59. The topological polar surface area (TPSA) is 12.0 Å². The van der Waals surface area contributed by atoms with Gasteiger partial charge in [0.1, 0.15) is 0 Å². The molecule has 0 bridgehead atoms. The summed E-state index contributed by atoms with van der Waals surface area (Å²) in [5.41, 5.74) is 1.48. The summed E-state index contributed by atoms with van der Waals surface area (Å²) < 4.78 is 0. The Morgan fingerprint density at radius 1 is 1.29 bits per heavy atom. The van der Waals surface area contributed by atoms with Crippen LogP contribution in [-0.2, 0) is 6.42 Å². The van der Waals surface area contributed by atoms with Crippen molar-refractivity contribution in [3.63, 3.8) is 0 Å². The maximum atomic E-state index is 3.59. The second-order valence-electron chi connectivity index (χ2n) is 4.61. The Morgan fingerprint density at radius 2 is 2.00 bits per heavy atom. The first-order valence-electron chi connectivity index (χ1n) is 5.55. The van der Waals surface area contributed by atoms with Gasteiger partial charge in [-0.2, -0.15) is 0 Å². The van der Waals surface area contributed by atoms with Gasteiger partial charge in [-0.3, -0.25) is 0 Å². The number of rotatable bonds is 4. The third-order valence-electron chi connectivity index (χ3n) is 2.81. The minimum atomic E-state index is 0.626. The Balaban J connectivity index is 1.79. The molecule has 0 amide bonds. The van der Waals surface area contributed by atoms with E-state index < -0.39 is 0 Å². The molecule has 0 radical (unpaired) electrons. The van der Waals surface area contributed by atoms with Crippen molar-refractivity contribution in [3.05, 3.63) is 35.9 Å². The Morgan fingerprint density at radius 3 is 2.64 bits per heavy atom. The number of hydrogen-bond acceptors (Lipinski definition) is 1. The van der Waals surface area contributed by atoms with E-state index in [0.717, 1.165) is 12.0 Å². The van der Waals surface area contributed by atoms with Gasteiger partial charge < -0.3 is 5.32 Å². The number of hydrogen-bond donors (Lipinski definition) is 1. The van der Waals surface area contributed by atoms with E-state index in [2.05, 4.69) is 49.5 Å². The third-order valence-corrected chi connectivity index (χ3v) is 2.81. The lowest BCUT2D eigenvalue weighted by Gasteiger charge is -2.07. The highest BCUT2D eigenvalue weighted by molar-refractivity contribution is 5.17. The van der Waals surface area contributed by atoms with Gasteiger partial charge in [-0.15, -0.1) is 0 Å². The highest BCUT2D eigenvalue weighted by Gasteiger charge is 2.36. The fourth-order valence-electron chi connectivity index (χ4n) is 2.02. The summed E-state index contributed by atoms with van der Waals surface area (Å²) in [7, 11) is 0. The average molecular weight is 189 g/mol. The van der Waals surface area contributed by atoms with Gasteiger partial charge in [-0.1, -0.05) is 44.2 Å². The van der Waals surface area contributed by atoms with Gasteiger partial charge in [-0.05, 0) is 24.3 Å². The molecule has 14 heavy (non-hydrogen) atoms. The van der Waals surface area contributed by atoms with Crippen molar-refractivity contribution < 1.29 is 0 Å². The van der Waals surface area contributed by atoms with Crippen molar-refractivity contribution in [2.75, 3.05) is 0 Å². The van der Waals surface area contributed by atoms with Gasteiger partial charge in [0, 0.05) is 12.1 Å². The first-order valence-corrected chi connectivity index (χ1v) is 5.55. The summed E-state index contributed by atoms with van der Waals surface area (Å²) in [6.07, 6.45) is 2.60. The lowest BCUT2D eigenvalue weighted by Crippen LogP contribution is -2.26. The predicted octanol–water partition coefficient (Wildman–Crippen LogP) is 2.62. The van der Waals surface area contributed by atoms with Gasteiger partial charge in [0.15, 0.2) is 0 Å². The zero-order valence-corrected chi connectivity index (χ0v) is 9.03. The molecule has 0 spiro atoms. The van der Waals surface area contributed by atoms with Gasteiger partial charge in [0.2, 0.25) is 0 Å². The predicted molar refractivity (Wildman–Crippen MR) is 60.3 cm³/mol. The highest BCUT2D eigenvalue weighted by Crippen LogP contribution is 2.33. The van der Waals surface area contributed by atoms with Crippen LogP contribution >= 0.6 is 0 Å². The SMILES string of the molecule is CC(C)NC1CC1Cc1ccccc1. The molecule has 1 aromatic rings. The third kappa shape index (κ3) is 2.58. The van der Waals surface area contributed by atoms with Gasteiger partial charge >= 0.3 is 0 Å². The molecule has 1 nitrogen and oxygen atoms in total. The quantitative estimate of drug-likeness (QED) is 0.767. The van der Waals surface area contributed by atoms with E-state index in [-0.39, 0.29) is 0 Å². The summed E-state index contributed by atoms with van der Waals surface area (Å²) in [5.74, 6) is 0.875. The fraction of sp³-hybridized carbons (Fsp3) is 0.538. The maximum absolute atomic E-state index is 3.59. The van der Waals surface area contributed by atoms with E-state index >= 15 is 0 Å². The Labute approximate surface area is 86.5 Å². The van der Waals surface area contributed by atoms with Crippen LogP contribution in [0.1, 0.15) is 25.8 Å². The van der Waals surface area contributed by atoms with Crippen LogP contribution in [0, 0.1) is 5.92 Å². The molecule has 0 aliphatic heterocycles. The molecule has 1 fully saturated rings. The molecule has 0 aromatic heterocycles. The molecule has 1 aromatic carbocycles. The van der Waals surface area contributed by atoms with E-state index in [1.165, 1.54) is 18.4 Å². The van der Waals surface area contributed by atoms with Gasteiger partial charge in [0.05, 0.1) is 0 Å². The van der Waals surface area contributed by atoms with Gasteiger partial charge in [-0.25, -0.2) is 0 Å². The van der Waals surface area contributed by atoms with Crippen LogP contribution < -0.4 is 5.32 Å². The first-order chi connectivity index (χ1) is 6.75. The molecule has 2 atom stereocenters. The standard InChI is InChI=1S/C13H19N/c1-10(2)14-13-9-12(13)8-11-6-4-3-5-7-11/h3-7,10,12-14H,8-9H2,1-2H3. The highest BCUT2D eigenvalue weighted by atomic mass is 15.0. The molecule has 0 heterocycles. The van der Waals surface area contributed by atoms with Crippen LogP contribution in [0.25, 0.3) is 0 Å². The summed E-state index contributed by atoms with van der Waals surface area (Å²) in [4.78, 5) is 0. The fourth-order valence-corrected chi connectivity index (χ4v) is 2.02. The molecule has 1 aliphatic rings. The monoisotopic (exact) mass is 189 g/mol. The molecular weight excluding hydrogens is 170 g/mol. The van der Waals surface area contributed by atoms with E-state index in [9.17, 15) is 0 Å². The lowest BCUT2D eigenvalue weighted by molar-refractivity contribution is 0.554. The molecule has 1 saturated carbocycles. The molecule has 1 aliphatic carbocycles. The summed E-state index contributed by atoms with van der Waals surface area (Å²) >= 11 is 0. The van der Waals surface area contributed by atoms with Crippen LogP contribution in [0.2, 0.25) is 0 Å². The molecule has 2 unspecified atom stereocenters.